The lowest BCUT2D eigenvalue weighted by atomic mass is 10.1. The number of amides is 1. The number of thiazole rings is 1. The molecule has 9 heteroatoms. The van der Waals surface area contributed by atoms with Gasteiger partial charge >= 0.3 is 0 Å². The van der Waals surface area contributed by atoms with E-state index in [1.54, 1.807) is 17.5 Å². The fourth-order valence-corrected chi connectivity index (χ4v) is 7.32. The van der Waals surface area contributed by atoms with E-state index >= 15 is 0 Å². The third-order valence-corrected chi connectivity index (χ3v) is 9.38. The Morgan fingerprint density at radius 2 is 1.90 bits per heavy atom. The van der Waals surface area contributed by atoms with E-state index in [4.69, 9.17) is 0 Å². The zero-order chi connectivity index (χ0) is 21.4. The summed E-state index contributed by atoms with van der Waals surface area (Å²) in [6.45, 7) is 0.346. The van der Waals surface area contributed by atoms with Crippen LogP contribution >= 0.6 is 22.7 Å². The predicted octanol–water partition coefficient (Wildman–Crippen LogP) is 4.82. The molecule has 4 aromatic rings. The SMILES string of the molecule is O=C(Nc1nc(-c2ccc3ccccc3c2)cs1)C1CCCN1S(=O)(=O)c1cccs1. The molecule has 0 radical (unpaired) electrons. The number of fused-ring (bicyclic) bond motifs is 1. The number of anilines is 1. The average Bonchev–Trinajstić information content (AvgIpc) is 3.55. The number of thiophene rings is 1. The van der Waals surface area contributed by atoms with E-state index in [1.807, 2.05) is 29.6 Å². The molecular formula is C22H19N3O3S3. The van der Waals surface area contributed by atoms with Crippen molar-refractivity contribution in [1.82, 2.24) is 9.29 Å². The minimum atomic E-state index is -3.67. The van der Waals surface area contributed by atoms with Crippen molar-refractivity contribution in [2.45, 2.75) is 23.1 Å². The summed E-state index contributed by atoms with van der Waals surface area (Å²) >= 11 is 2.50. The normalized spacial score (nSPS) is 17.2. The zero-order valence-corrected chi connectivity index (χ0v) is 18.8. The van der Waals surface area contributed by atoms with Crippen molar-refractivity contribution in [3.63, 3.8) is 0 Å². The van der Waals surface area contributed by atoms with Crippen molar-refractivity contribution in [2.75, 3.05) is 11.9 Å². The molecular weight excluding hydrogens is 450 g/mol. The van der Waals surface area contributed by atoms with Crippen molar-refractivity contribution >= 4 is 54.5 Å². The highest BCUT2D eigenvalue weighted by atomic mass is 32.2. The fourth-order valence-electron chi connectivity index (χ4n) is 3.82. The Kier molecular flexibility index (Phi) is 5.35. The third-order valence-electron chi connectivity index (χ3n) is 5.34. The van der Waals surface area contributed by atoms with Crippen LogP contribution in [0.25, 0.3) is 22.0 Å². The van der Waals surface area contributed by atoms with E-state index in [2.05, 4.69) is 28.5 Å². The molecule has 0 bridgehead atoms. The number of benzene rings is 2. The molecule has 1 unspecified atom stereocenters. The molecule has 1 saturated heterocycles. The summed E-state index contributed by atoms with van der Waals surface area (Å²) in [6, 6.07) is 16.8. The van der Waals surface area contributed by atoms with Crippen molar-refractivity contribution in [3.05, 3.63) is 65.4 Å². The molecule has 2 aromatic heterocycles. The van der Waals surface area contributed by atoms with Crippen LogP contribution in [0.4, 0.5) is 5.13 Å². The lowest BCUT2D eigenvalue weighted by Gasteiger charge is -2.22. The van der Waals surface area contributed by atoms with Crippen molar-refractivity contribution in [1.29, 1.82) is 0 Å². The molecule has 158 valence electrons. The minimum absolute atomic E-state index is 0.264. The third kappa shape index (κ3) is 3.89. The number of carbonyl (C=O) groups excluding carboxylic acids is 1. The highest BCUT2D eigenvalue weighted by Crippen LogP contribution is 2.31. The summed E-state index contributed by atoms with van der Waals surface area (Å²) in [5.74, 6) is -0.336. The fraction of sp³-hybridized carbons (Fsp3) is 0.182. The van der Waals surface area contributed by atoms with Gasteiger partial charge in [0.15, 0.2) is 5.13 Å². The second-order valence-corrected chi connectivity index (χ2v) is 11.2. The molecule has 5 rings (SSSR count). The molecule has 0 aliphatic carbocycles. The van der Waals surface area contributed by atoms with Crippen LogP contribution in [0, 0.1) is 0 Å². The number of nitrogens with zero attached hydrogens (tertiary/aromatic N) is 2. The van der Waals surface area contributed by atoms with E-state index in [-0.39, 0.29) is 10.1 Å². The van der Waals surface area contributed by atoms with Gasteiger partial charge in [-0.25, -0.2) is 13.4 Å². The van der Waals surface area contributed by atoms with E-state index in [1.165, 1.54) is 15.6 Å². The topological polar surface area (TPSA) is 79.4 Å². The lowest BCUT2D eigenvalue weighted by molar-refractivity contribution is -0.119. The first-order chi connectivity index (χ1) is 15.0. The number of rotatable bonds is 5. The van der Waals surface area contributed by atoms with Gasteiger partial charge in [0, 0.05) is 17.5 Å². The second-order valence-electron chi connectivity index (χ2n) is 7.29. The van der Waals surface area contributed by atoms with Crippen LogP contribution in [-0.2, 0) is 14.8 Å². The van der Waals surface area contributed by atoms with Gasteiger partial charge in [-0.2, -0.15) is 4.31 Å². The van der Waals surface area contributed by atoms with E-state index < -0.39 is 16.1 Å². The first-order valence-electron chi connectivity index (χ1n) is 9.83. The maximum Gasteiger partial charge on any atom is 0.253 e. The summed E-state index contributed by atoms with van der Waals surface area (Å²) in [6.07, 6.45) is 1.16. The first kappa shape index (κ1) is 20.3. The van der Waals surface area contributed by atoms with Gasteiger partial charge in [0.1, 0.15) is 10.3 Å². The monoisotopic (exact) mass is 469 g/mol. The Morgan fingerprint density at radius 1 is 1.06 bits per heavy atom. The largest absolute Gasteiger partial charge is 0.301 e. The van der Waals surface area contributed by atoms with Crippen molar-refractivity contribution in [3.8, 4) is 11.3 Å². The lowest BCUT2D eigenvalue weighted by Crippen LogP contribution is -2.42. The number of aromatic nitrogens is 1. The van der Waals surface area contributed by atoms with Gasteiger partial charge < -0.3 is 5.32 Å². The molecule has 0 spiro atoms. The van der Waals surface area contributed by atoms with E-state index in [0.717, 1.165) is 33.4 Å². The number of hydrogen-bond donors (Lipinski definition) is 1. The molecule has 1 aliphatic heterocycles. The summed E-state index contributed by atoms with van der Waals surface area (Å²) < 4.78 is 27.4. The molecule has 31 heavy (non-hydrogen) atoms. The summed E-state index contributed by atoms with van der Waals surface area (Å²) in [7, 11) is -3.67. The number of carbonyl (C=O) groups is 1. The van der Waals surface area contributed by atoms with Gasteiger partial charge in [0.2, 0.25) is 5.91 Å². The van der Waals surface area contributed by atoms with Crippen LogP contribution in [0.15, 0.2) is 69.6 Å². The molecule has 3 heterocycles. The highest BCUT2D eigenvalue weighted by Gasteiger charge is 2.40. The Hall–Kier alpha value is -2.59. The van der Waals surface area contributed by atoms with Crippen LogP contribution in [0.3, 0.4) is 0 Å². The Balaban J connectivity index is 1.34. The van der Waals surface area contributed by atoms with Crippen LogP contribution in [0.5, 0.6) is 0 Å². The molecule has 1 fully saturated rings. The Bertz CT molecular complexity index is 1350. The maximum atomic E-state index is 12.9. The quantitative estimate of drug-likeness (QED) is 0.455. The molecule has 1 aliphatic rings. The number of nitrogens with one attached hydrogen (secondary N) is 1. The summed E-state index contributed by atoms with van der Waals surface area (Å²) in [5.41, 5.74) is 1.75. The van der Waals surface area contributed by atoms with Crippen LogP contribution in [-0.4, -0.2) is 36.2 Å². The van der Waals surface area contributed by atoms with E-state index in [9.17, 15) is 13.2 Å². The zero-order valence-electron chi connectivity index (χ0n) is 16.4. The number of sulfonamides is 1. The summed E-state index contributed by atoms with van der Waals surface area (Å²) in [4.78, 5) is 17.5. The molecule has 0 saturated carbocycles. The van der Waals surface area contributed by atoms with Gasteiger partial charge in [-0.15, -0.1) is 22.7 Å². The minimum Gasteiger partial charge on any atom is -0.301 e. The van der Waals surface area contributed by atoms with Gasteiger partial charge in [-0.1, -0.05) is 42.5 Å². The molecule has 6 nitrogen and oxygen atoms in total. The smallest absolute Gasteiger partial charge is 0.253 e. The van der Waals surface area contributed by atoms with Gasteiger partial charge in [-0.3, -0.25) is 4.79 Å². The molecule has 1 amide bonds. The molecule has 1 atom stereocenters. The average molecular weight is 470 g/mol. The molecule has 1 N–H and O–H groups in total. The van der Waals surface area contributed by atoms with Crippen molar-refractivity contribution in [2.24, 2.45) is 0 Å². The van der Waals surface area contributed by atoms with Crippen LogP contribution in [0.1, 0.15) is 12.8 Å². The van der Waals surface area contributed by atoms with Crippen molar-refractivity contribution < 1.29 is 13.2 Å². The Morgan fingerprint density at radius 3 is 2.71 bits per heavy atom. The summed E-state index contributed by atoms with van der Waals surface area (Å²) in [5, 5.41) is 9.19. The highest BCUT2D eigenvalue weighted by molar-refractivity contribution is 7.91. The van der Waals surface area contributed by atoms with Crippen LogP contribution < -0.4 is 5.32 Å². The van der Waals surface area contributed by atoms with Crippen LogP contribution in [0.2, 0.25) is 0 Å². The standard InChI is InChI=1S/C22H19N3O3S3/c26-21(19-7-3-11-25(19)31(27,28)20-8-4-12-29-20)24-22-23-18(14-30-22)17-10-9-15-5-1-2-6-16(15)13-17/h1-2,4-6,8-10,12-14,19H,3,7,11H2,(H,23,24,26). The molecule has 2 aromatic carbocycles. The maximum absolute atomic E-state index is 12.9. The second kappa shape index (κ2) is 8.16. The predicted molar refractivity (Wildman–Crippen MR) is 125 cm³/mol. The van der Waals surface area contributed by atoms with Gasteiger partial charge in [-0.05, 0) is 41.1 Å². The van der Waals surface area contributed by atoms with E-state index in [0.29, 0.717) is 24.5 Å². The Labute approximate surface area is 188 Å². The van der Waals surface area contributed by atoms with Gasteiger partial charge in [0.25, 0.3) is 10.0 Å². The number of hydrogen-bond acceptors (Lipinski definition) is 6. The van der Waals surface area contributed by atoms with Gasteiger partial charge in [0.05, 0.1) is 5.69 Å². The first-order valence-corrected chi connectivity index (χ1v) is 13.0.